The maximum atomic E-state index is 11.8. The fourth-order valence-corrected chi connectivity index (χ4v) is 2.59. The van der Waals surface area contributed by atoms with E-state index < -0.39 is 5.92 Å². The maximum Gasteiger partial charge on any atom is 0.311 e. The molecule has 0 saturated carbocycles. The molecule has 2 heterocycles. The van der Waals surface area contributed by atoms with Crippen molar-refractivity contribution in [3.8, 4) is 11.5 Å². The number of hydrogen-bond donors (Lipinski definition) is 1. The molecule has 0 radical (unpaired) electrons. The van der Waals surface area contributed by atoms with Crippen LogP contribution in [0, 0.1) is 5.92 Å². The molecule has 0 spiro atoms. The number of carbonyl (C=O) groups is 2. The molecule has 0 bridgehead atoms. The molecule has 0 aliphatic carbocycles. The second-order valence-electron chi connectivity index (χ2n) is 4.78. The van der Waals surface area contributed by atoms with Crippen LogP contribution in [0.5, 0.6) is 11.5 Å². The van der Waals surface area contributed by atoms with E-state index >= 15 is 0 Å². The van der Waals surface area contributed by atoms with Gasteiger partial charge in [0.15, 0.2) is 11.5 Å². The predicted molar refractivity (Wildman–Crippen MR) is 68.4 cm³/mol. The quantitative estimate of drug-likeness (QED) is 0.810. The van der Waals surface area contributed by atoms with Crippen LogP contribution < -0.4 is 14.8 Å². The van der Waals surface area contributed by atoms with Gasteiger partial charge in [-0.3, -0.25) is 9.59 Å². The van der Waals surface area contributed by atoms with Crippen LogP contribution in [0.25, 0.3) is 0 Å². The van der Waals surface area contributed by atoms with Crippen LogP contribution in [0.2, 0.25) is 0 Å². The summed E-state index contributed by atoms with van der Waals surface area (Å²) in [6, 6.07) is 5.05. The van der Waals surface area contributed by atoms with Crippen LogP contribution >= 0.6 is 0 Å². The zero-order valence-corrected chi connectivity index (χ0v) is 11.0. The number of hydrogen-bond acceptors (Lipinski definition) is 5. The van der Waals surface area contributed by atoms with E-state index in [1.165, 1.54) is 7.11 Å². The van der Waals surface area contributed by atoms with E-state index in [9.17, 15) is 9.59 Å². The number of fused-ring (bicyclic) bond motifs is 1. The average molecular weight is 277 g/mol. The highest BCUT2D eigenvalue weighted by Gasteiger charge is 2.39. The van der Waals surface area contributed by atoms with Crippen molar-refractivity contribution in [2.45, 2.75) is 12.5 Å². The molecule has 1 aromatic carbocycles. The number of esters is 1. The summed E-state index contributed by atoms with van der Waals surface area (Å²) in [5.74, 6) is 0.274. The first kappa shape index (κ1) is 12.8. The van der Waals surface area contributed by atoms with Crippen molar-refractivity contribution < 1.29 is 23.8 Å². The third-order valence-electron chi connectivity index (χ3n) is 3.55. The predicted octanol–water partition coefficient (Wildman–Crippen LogP) is 0.808. The normalized spacial score (nSPS) is 24.1. The first-order valence-electron chi connectivity index (χ1n) is 6.46. The average Bonchev–Trinajstić information content (AvgIpc) is 2.88. The lowest BCUT2D eigenvalue weighted by Gasteiger charge is -2.22. The number of ether oxygens (including phenoxy) is 3. The summed E-state index contributed by atoms with van der Waals surface area (Å²) in [6.45, 7) is 1.02. The van der Waals surface area contributed by atoms with E-state index in [4.69, 9.17) is 14.2 Å². The minimum absolute atomic E-state index is 0.145. The van der Waals surface area contributed by atoms with Gasteiger partial charge in [0.2, 0.25) is 5.91 Å². The van der Waals surface area contributed by atoms with Crippen LogP contribution in [0.4, 0.5) is 0 Å². The van der Waals surface area contributed by atoms with Gasteiger partial charge in [-0.05, 0) is 17.7 Å². The largest absolute Gasteiger partial charge is 0.486 e. The Labute approximate surface area is 116 Å². The van der Waals surface area contributed by atoms with Crippen molar-refractivity contribution >= 4 is 11.9 Å². The monoisotopic (exact) mass is 277 g/mol. The molecule has 3 rings (SSSR count). The molecule has 1 saturated heterocycles. The van der Waals surface area contributed by atoms with Crippen LogP contribution in [0.3, 0.4) is 0 Å². The van der Waals surface area contributed by atoms with Gasteiger partial charge in [-0.2, -0.15) is 0 Å². The number of rotatable bonds is 2. The number of carbonyl (C=O) groups excluding carboxylic acids is 2. The van der Waals surface area contributed by atoms with Gasteiger partial charge in [-0.15, -0.1) is 0 Å². The molecule has 1 aromatic rings. The minimum atomic E-state index is -0.505. The summed E-state index contributed by atoms with van der Waals surface area (Å²) in [6.07, 6.45) is 0.145. The molecule has 2 aliphatic rings. The summed E-state index contributed by atoms with van der Waals surface area (Å²) in [7, 11) is 1.33. The van der Waals surface area contributed by atoms with Gasteiger partial charge in [-0.1, -0.05) is 6.07 Å². The smallest absolute Gasteiger partial charge is 0.311 e. The second kappa shape index (κ2) is 5.03. The van der Waals surface area contributed by atoms with E-state index in [1.54, 1.807) is 12.1 Å². The first-order chi connectivity index (χ1) is 9.69. The van der Waals surface area contributed by atoms with Crippen molar-refractivity contribution in [1.82, 2.24) is 5.32 Å². The van der Waals surface area contributed by atoms with Gasteiger partial charge < -0.3 is 19.5 Å². The second-order valence-corrected chi connectivity index (χ2v) is 4.78. The van der Waals surface area contributed by atoms with Crippen molar-refractivity contribution in [3.63, 3.8) is 0 Å². The van der Waals surface area contributed by atoms with Crippen LogP contribution in [0.15, 0.2) is 18.2 Å². The van der Waals surface area contributed by atoms with E-state index in [0.29, 0.717) is 24.7 Å². The molecule has 2 aliphatic heterocycles. The highest BCUT2D eigenvalue weighted by molar-refractivity contribution is 5.88. The van der Waals surface area contributed by atoms with Crippen LogP contribution in [-0.2, 0) is 14.3 Å². The molecule has 1 amide bonds. The molecule has 1 fully saturated rings. The summed E-state index contributed by atoms with van der Waals surface area (Å²) in [5, 5.41) is 2.81. The fourth-order valence-electron chi connectivity index (χ4n) is 2.59. The van der Waals surface area contributed by atoms with Gasteiger partial charge in [0.25, 0.3) is 0 Å². The van der Waals surface area contributed by atoms with Crippen molar-refractivity contribution in [2.24, 2.45) is 5.92 Å². The summed E-state index contributed by atoms with van der Waals surface area (Å²) in [4.78, 5) is 23.3. The number of nitrogens with one attached hydrogen (secondary N) is 1. The van der Waals surface area contributed by atoms with E-state index in [1.807, 2.05) is 6.07 Å². The Morgan fingerprint density at radius 2 is 2.05 bits per heavy atom. The van der Waals surface area contributed by atoms with Gasteiger partial charge >= 0.3 is 5.97 Å². The molecule has 2 unspecified atom stereocenters. The van der Waals surface area contributed by atoms with Gasteiger partial charge in [0.05, 0.1) is 19.1 Å². The topological polar surface area (TPSA) is 73.9 Å². The maximum absolute atomic E-state index is 11.8. The fraction of sp³-hybridized carbons (Fsp3) is 0.429. The molecule has 6 heteroatoms. The van der Waals surface area contributed by atoms with Gasteiger partial charge in [-0.25, -0.2) is 0 Å². The molecule has 2 atom stereocenters. The van der Waals surface area contributed by atoms with E-state index in [-0.39, 0.29) is 24.3 Å². The molecule has 0 aromatic heterocycles. The minimum Gasteiger partial charge on any atom is -0.486 e. The lowest BCUT2D eigenvalue weighted by atomic mass is 9.94. The third-order valence-corrected chi connectivity index (χ3v) is 3.55. The highest BCUT2D eigenvalue weighted by atomic mass is 16.6. The van der Waals surface area contributed by atoms with E-state index in [2.05, 4.69) is 5.32 Å². The van der Waals surface area contributed by atoms with Crippen LogP contribution in [-0.4, -0.2) is 32.2 Å². The number of amides is 1. The van der Waals surface area contributed by atoms with Gasteiger partial charge in [0.1, 0.15) is 13.2 Å². The van der Waals surface area contributed by atoms with Crippen molar-refractivity contribution in [3.05, 3.63) is 23.8 Å². The zero-order valence-electron chi connectivity index (χ0n) is 11.0. The molecule has 20 heavy (non-hydrogen) atoms. The standard InChI is InChI=1S/C14H15NO5/c1-18-14(17)9-7-12(16)15-13(9)8-2-3-10-11(6-8)20-5-4-19-10/h2-3,6,9,13H,4-5,7H2,1H3,(H,15,16). The molecule has 6 nitrogen and oxygen atoms in total. The first-order valence-corrected chi connectivity index (χ1v) is 6.46. The SMILES string of the molecule is COC(=O)C1CC(=O)NC1c1ccc2c(c1)OCCO2. The molecule has 106 valence electrons. The Kier molecular flexibility index (Phi) is 3.22. The lowest BCUT2D eigenvalue weighted by molar-refractivity contribution is -0.146. The highest BCUT2D eigenvalue weighted by Crippen LogP contribution is 2.37. The van der Waals surface area contributed by atoms with E-state index in [0.717, 1.165) is 5.56 Å². The molecular weight excluding hydrogens is 262 g/mol. The van der Waals surface area contributed by atoms with Gasteiger partial charge in [0, 0.05) is 6.42 Å². The van der Waals surface area contributed by atoms with Crippen molar-refractivity contribution in [2.75, 3.05) is 20.3 Å². The molecule has 1 N–H and O–H groups in total. The Bertz CT molecular complexity index is 556. The summed E-state index contributed by atoms with van der Waals surface area (Å²) in [5.41, 5.74) is 0.815. The summed E-state index contributed by atoms with van der Waals surface area (Å²) < 4.78 is 15.7. The third kappa shape index (κ3) is 2.17. The zero-order chi connectivity index (χ0) is 14.1. The summed E-state index contributed by atoms with van der Waals surface area (Å²) >= 11 is 0. The Morgan fingerprint density at radius 3 is 2.80 bits per heavy atom. The van der Waals surface area contributed by atoms with Crippen molar-refractivity contribution in [1.29, 1.82) is 0 Å². The Balaban J connectivity index is 1.91. The van der Waals surface area contributed by atoms with Crippen LogP contribution in [0.1, 0.15) is 18.0 Å². The number of methoxy groups -OCH3 is 1. The lowest BCUT2D eigenvalue weighted by Crippen LogP contribution is -2.25. The Hall–Kier alpha value is -2.24. The number of benzene rings is 1. The Morgan fingerprint density at radius 1 is 1.30 bits per heavy atom. The molecular formula is C14H15NO5.